The van der Waals surface area contributed by atoms with Crippen molar-refractivity contribution in [3.05, 3.63) is 35.4 Å². The number of ether oxygens (including phenoxy) is 1. The summed E-state index contributed by atoms with van der Waals surface area (Å²) in [4.78, 5) is 14.0. The summed E-state index contributed by atoms with van der Waals surface area (Å²) in [5.41, 5.74) is -0.393. The molecule has 2 rings (SSSR count). The maximum atomic E-state index is 14.1. The molecular weight excluding hydrogens is 290 g/mol. The lowest BCUT2D eigenvalue weighted by Gasteiger charge is -2.30. The summed E-state index contributed by atoms with van der Waals surface area (Å²) in [7, 11) is 0. The van der Waals surface area contributed by atoms with E-state index in [4.69, 9.17) is 4.74 Å². The average Bonchev–Trinajstić information content (AvgIpc) is 2.88. The molecule has 1 aliphatic heterocycles. The molecule has 0 aliphatic carbocycles. The zero-order valence-corrected chi connectivity index (χ0v) is 13.2. The summed E-state index contributed by atoms with van der Waals surface area (Å²) in [5.74, 6) is -1.31. The van der Waals surface area contributed by atoms with Crippen molar-refractivity contribution in [3.63, 3.8) is 0 Å². The second-order valence-electron chi connectivity index (χ2n) is 6.46. The number of amides is 1. The van der Waals surface area contributed by atoms with Crippen LogP contribution in [0.25, 0.3) is 0 Å². The fraction of sp³-hybridized carbons (Fsp3) is 0.562. The van der Waals surface area contributed by atoms with E-state index in [0.717, 1.165) is 32.0 Å². The number of hydrogen-bond donors (Lipinski definition) is 1. The fourth-order valence-corrected chi connectivity index (χ4v) is 2.51. The number of likely N-dealkylation sites (tertiary alicyclic amines) is 1. The number of halogens is 2. The number of rotatable bonds is 3. The maximum absolute atomic E-state index is 14.1. The van der Waals surface area contributed by atoms with Gasteiger partial charge in [0.25, 0.3) is 0 Å². The number of hydrogen-bond acceptors (Lipinski definition) is 3. The Hall–Kier alpha value is -1.69. The van der Waals surface area contributed by atoms with Crippen LogP contribution in [-0.4, -0.2) is 29.7 Å². The van der Waals surface area contributed by atoms with Gasteiger partial charge in [0, 0.05) is 24.7 Å². The first-order valence-electron chi connectivity index (χ1n) is 7.45. The van der Waals surface area contributed by atoms with Crippen LogP contribution in [0.2, 0.25) is 0 Å². The van der Waals surface area contributed by atoms with Gasteiger partial charge in [-0.05, 0) is 45.7 Å². The summed E-state index contributed by atoms with van der Waals surface area (Å²) >= 11 is 0. The van der Waals surface area contributed by atoms with Crippen molar-refractivity contribution in [3.8, 4) is 0 Å². The van der Waals surface area contributed by atoms with Crippen LogP contribution in [0.4, 0.5) is 13.6 Å². The Kier molecular flexibility index (Phi) is 5.01. The predicted octanol–water partition coefficient (Wildman–Crippen LogP) is 3.58. The Labute approximate surface area is 129 Å². The van der Waals surface area contributed by atoms with Crippen molar-refractivity contribution < 1.29 is 18.3 Å². The molecular formula is C16H22F2N2O2. The van der Waals surface area contributed by atoms with Crippen LogP contribution in [0, 0.1) is 11.6 Å². The van der Waals surface area contributed by atoms with Crippen LogP contribution < -0.4 is 5.32 Å². The molecule has 4 nitrogen and oxygen atoms in total. The minimum absolute atomic E-state index is 0.245. The number of carbonyl (C=O) groups excluding carboxylic acids is 1. The quantitative estimate of drug-likeness (QED) is 0.927. The van der Waals surface area contributed by atoms with Gasteiger partial charge in [-0.2, -0.15) is 0 Å². The molecule has 1 unspecified atom stereocenters. The van der Waals surface area contributed by atoms with Gasteiger partial charge in [0.2, 0.25) is 0 Å². The second-order valence-corrected chi connectivity index (χ2v) is 6.46. The van der Waals surface area contributed by atoms with Crippen LogP contribution in [0.1, 0.15) is 45.3 Å². The number of nitrogens with one attached hydrogen (secondary N) is 1. The molecule has 1 N–H and O–H groups in total. The molecule has 0 radical (unpaired) electrons. The van der Waals surface area contributed by atoms with Gasteiger partial charge in [-0.3, -0.25) is 4.90 Å². The molecule has 0 saturated carbocycles. The third-order valence-corrected chi connectivity index (χ3v) is 3.42. The number of alkyl carbamates (subject to hydrolysis) is 1. The van der Waals surface area contributed by atoms with E-state index in [2.05, 4.69) is 5.32 Å². The molecule has 0 aromatic heterocycles. The van der Waals surface area contributed by atoms with Crippen LogP contribution in [-0.2, 0) is 4.74 Å². The highest BCUT2D eigenvalue weighted by molar-refractivity contribution is 5.68. The Morgan fingerprint density at radius 1 is 1.27 bits per heavy atom. The highest BCUT2D eigenvalue weighted by Crippen LogP contribution is 2.26. The van der Waals surface area contributed by atoms with Gasteiger partial charge < -0.3 is 10.1 Å². The van der Waals surface area contributed by atoms with E-state index >= 15 is 0 Å². The summed E-state index contributed by atoms with van der Waals surface area (Å²) in [6.07, 6.45) is 0.691. The van der Waals surface area contributed by atoms with E-state index in [1.54, 1.807) is 20.8 Å². The lowest BCUT2D eigenvalue weighted by atomic mass is 10.1. The first-order chi connectivity index (χ1) is 10.3. The molecule has 1 aromatic carbocycles. The number of carbonyl (C=O) groups is 1. The van der Waals surface area contributed by atoms with Gasteiger partial charge in [-0.15, -0.1) is 0 Å². The molecule has 1 fully saturated rings. The van der Waals surface area contributed by atoms with E-state index in [-0.39, 0.29) is 5.56 Å². The number of nitrogens with zero attached hydrogens (tertiary/aromatic N) is 1. The first-order valence-corrected chi connectivity index (χ1v) is 7.45. The zero-order valence-electron chi connectivity index (χ0n) is 13.2. The average molecular weight is 312 g/mol. The molecule has 6 heteroatoms. The molecule has 0 spiro atoms. The van der Waals surface area contributed by atoms with E-state index in [1.165, 1.54) is 12.1 Å². The highest BCUT2D eigenvalue weighted by atomic mass is 19.1. The van der Waals surface area contributed by atoms with E-state index in [9.17, 15) is 13.6 Å². The van der Waals surface area contributed by atoms with Gasteiger partial charge in [0.1, 0.15) is 23.4 Å². The standard InChI is InChI=1S/C16H22F2N2O2/c1-16(2,3)22-15(21)19-14(20-8-4-5-9-20)12-7-6-11(17)10-13(12)18/h6-7,10,14H,4-5,8-9H2,1-3H3,(H,19,21). The maximum Gasteiger partial charge on any atom is 0.409 e. The van der Waals surface area contributed by atoms with Gasteiger partial charge in [-0.1, -0.05) is 0 Å². The van der Waals surface area contributed by atoms with E-state index in [1.807, 2.05) is 4.90 Å². The molecule has 1 heterocycles. The molecule has 1 aromatic rings. The highest BCUT2D eigenvalue weighted by Gasteiger charge is 2.29. The van der Waals surface area contributed by atoms with Crippen molar-refractivity contribution in [2.75, 3.05) is 13.1 Å². The summed E-state index contributed by atoms with van der Waals surface area (Å²) in [6.45, 7) is 6.77. The zero-order chi connectivity index (χ0) is 16.3. The Morgan fingerprint density at radius 2 is 1.91 bits per heavy atom. The Balaban J connectivity index is 2.21. The van der Waals surface area contributed by atoms with Crippen LogP contribution in [0.5, 0.6) is 0 Å². The third kappa shape index (κ3) is 4.40. The minimum Gasteiger partial charge on any atom is -0.444 e. The topological polar surface area (TPSA) is 41.6 Å². The van der Waals surface area contributed by atoms with Gasteiger partial charge in [-0.25, -0.2) is 13.6 Å². The fourth-order valence-electron chi connectivity index (χ4n) is 2.51. The van der Waals surface area contributed by atoms with E-state index in [0.29, 0.717) is 0 Å². The van der Waals surface area contributed by atoms with Crippen molar-refractivity contribution in [1.82, 2.24) is 10.2 Å². The summed E-state index contributed by atoms with van der Waals surface area (Å²) in [5, 5.41) is 2.69. The van der Waals surface area contributed by atoms with Crippen LogP contribution >= 0.6 is 0 Å². The minimum atomic E-state index is -0.673. The molecule has 1 aliphatic rings. The lowest BCUT2D eigenvalue weighted by Crippen LogP contribution is -2.42. The van der Waals surface area contributed by atoms with Crippen LogP contribution in [0.15, 0.2) is 18.2 Å². The SMILES string of the molecule is CC(C)(C)OC(=O)NC(c1ccc(F)cc1F)N1CCCC1. The Morgan fingerprint density at radius 3 is 2.45 bits per heavy atom. The molecule has 1 atom stereocenters. The van der Waals surface area contributed by atoms with E-state index < -0.39 is 29.5 Å². The third-order valence-electron chi connectivity index (χ3n) is 3.42. The lowest BCUT2D eigenvalue weighted by molar-refractivity contribution is 0.0430. The largest absolute Gasteiger partial charge is 0.444 e. The van der Waals surface area contributed by atoms with Crippen molar-refractivity contribution in [2.45, 2.75) is 45.4 Å². The second kappa shape index (κ2) is 6.60. The molecule has 1 saturated heterocycles. The monoisotopic (exact) mass is 312 g/mol. The normalized spacial score (nSPS) is 17.3. The predicted molar refractivity (Wildman–Crippen MR) is 79.3 cm³/mol. The first kappa shape index (κ1) is 16.7. The van der Waals surface area contributed by atoms with Gasteiger partial charge in [0.15, 0.2) is 0 Å². The Bertz CT molecular complexity index is 537. The molecule has 0 bridgehead atoms. The van der Waals surface area contributed by atoms with Crippen molar-refractivity contribution >= 4 is 6.09 Å². The van der Waals surface area contributed by atoms with Crippen molar-refractivity contribution in [2.24, 2.45) is 0 Å². The molecule has 122 valence electrons. The molecule has 1 amide bonds. The van der Waals surface area contributed by atoms with Crippen molar-refractivity contribution in [1.29, 1.82) is 0 Å². The van der Waals surface area contributed by atoms with Gasteiger partial charge >= 0.3 is 6.09 Å². The van der Waals surface area contributed by atoms with Crippen LogP contribution in [0.3, 0.4) is 0 Å². The summed E-state index contributed by atoms with van der Waals surface area (Å²) < 4.78 is 32.4. The molecule has 22 heavy (non-hydrogen) atoms. The summed E-state index contributed by atoms with van der Waals surface area (Å²) in [6, 6.07) is 3.39. The van der Waals surface area contributed by atoms with Gasteiger partial charge in [0.05, 0.1) is 0 Å². The smallest absolute Gasteiger partial charge is 0.409 e. The number of benzene rings is 1.